The zero-order chi connectivity index (χ0) is 10.4. The van der Waals surface area contributed by atoms with Gasteiger partial charge in [0.2, 0.25) is 5.96 Å². The number of aliphatic imine (C=N–C) groups is 1. The predicted molar refractivity (Wildman–Crippen MR) is 58.2 cm³/mol. The van der Waals surface area contributed by atoms with E-state index in [0.717, 1.165) is 17.2 Å². The molecule has 0 fully saturated rings. The molecule has 2 aliphatic rings. The van der Waals surface area contributed by atoms with E-state index < -0.39 is 0 Å². The van der Waals surface area contributed by atoms with Crippen molar-refractivity contribution in [2.75, 3.05) is 25.0 Å². The highest BCUT2D eigenvalue weighted by molar-refractivity contribution is 6.18. The molecule has 0 atom stereocenters. The van der Waals surface area contributed by atoms with E-state index in [1.807, 2.05) is 36.2 Å². The van der Waals surface area contributed by atoms with E-state index in [0.29, 0.717) is 13.1 Å². The molecule has 1 aromatic rings. The van der Waals surface area contributed by atoms with E-state index in [1.54, 1.807) is 4.90 Å². The van der Waals surface area contributed by atoms with Gasteiger partial charge in [-0.1, -0.05) is 12.1 Å². The zero-order valence-corrected chi connectivity index (χ0v) is 8.47. The smallest absolute Gasteiger partial charge is 0.262 e. The summed E-state index contributed by atoms with van der Waals surface area (Å²) in [4.78, 5) is 20.1. The van der Waals surface area contributed by atoms with Gasteiger partial charge >= 0.3 is 0 Å². The Labute approximate surface area is 87.8 Å². The summed E-state index contributed by atoms with van der Waals surface area (Å²) in [5, 5.41) is 0. The highest BCUT2D eigenvalue weighted by Crippen LogP contribution is 2.28. The molecule has 4 nitrogen and oxygen atoms in total. The predicted octanol–water partition coefficient (Wildman–Crippen LogP) is 0.948. The van der Waals surface area contributed by atoms with Crippen LogP contribution in [0, 0.1) is 0 Å². The number of guanidine groups is 1. The lowest BCUT2D eigenvalue weighted by molar-refractivity contribution is 0.0852. The van der Waals surface area contributed by atoms with Gasteiger partial charge in [-0.2, -0.15) is 0 Å². The summed E-state index contributed by atoms with van der Waals surface area (Å²) in [5.74, 6) is 0.846. The highest BCUT2D eigenvalue weighted by Gasteiger charge is 2.34. The number of hydrogen-bond donors (Lipinski definition) is 0. The van der Waals surface area contributed by atoms with Crippen molar-refractivity contribution in [1.29, 1.82) is 0 Å². The van der Waals surface area contributed by atoms with Gasteiger partial charge in [-0.05, 0) is 12.1 Å². The minimum absolute atomic E-state index is 0.0694. The van der Waals surface area contributed by atoms with Gasteiger partial charge in [0.05, 0.1) is 17.8 Å². The minimum atomic E-state index is 0.0694. The molecule has 2 aliphatic heterocycles. The monoisotopic (exact) mass is 201 g/mol. The first-order valence-electron chi connectivity index (χ1n) is 4.98. The van der Waals surface area contributed by atoms with Crippen LogP contribution in [-0.4, -0.2) is 36.9 Å². The molecule has 0 radical (unpaired) electrons. The molecule has 15 heavy (non-hydrogen) atoms. The second-order valence-electron chi connectivity index (χ2n) is 3.71. The summed E-state index contributed by atoms with van der Waals surface area (Å²) in [6.07, 6.45) is 0. The van der Waals surface area contributed by atoms with Crippen LogP contribution in [0.15, 0.2) is 29.3 Å². The largest absolute Gasteiger partial charge is 0.314 e. The third-order valence-corrected chi connectivity index (χ3v) is 2.86. The van der Waals surface area contributed by atoms with Gasteiger partial charge in [-0.3, -0.25) is 14.7 Å². The van der Waals surface area contributed by atoms with Crippen molar-refractivity contribution >= 4 is 17.6 Å². The van der Waals surface area contributed by atoms with Crippen LogP contribution in [0.3, 0.4) is 0 Å². The van der Waals surface area contributed by atoms with Crippen molar-refractivity contribution in [3.05, 3.63) is 29.8 Å². The first kappa shape index (κ1) is 8.47. The van der Waals surface area contributed by atoms with E-state index in [9.17, 15) is 4.79 Å². The SMILES string of the molecule is CN1C2=NCCN2C(=O)c2ccccc21. The van der Waals surface area contributed by atoms with Gasteiger partial charge in [-0.15, -0.1) is 0 Å². The second-order valence-corrected chi connectivity index (χ2v) is 3.71. The maximum absolute atomic E-state index is 12.1. The molecule has 1 aromatic carbocycles. The van der Waals surface area contributed by atoms with Gasteiger partial charge in [0.25, 0.3) is 5.91 Å². The number of fused-ring (bicyclic) bond motifs is 2. The zero-order valence-electron chi connectivity index (χ0n) is 8.47. The number of hydrogen-bond acceptors (Lipinski definition) is 3. The number of anilines is 1. The van der Waals surface area contributed by atoms with Gasteiger partial charge in [0.1, 0.15) is 0 Å². The molecule has 0 bridgehead atoms. The van der Waals surface area contributed by atoms with E-state index >= 15 is 0 Å². The Bertz CT molecular complexity index is 467. The maximum atomic E-state index is 12.1. The van der Waals surface area contributed by atoms with Crippen LogP contribution in [-0.2, 0) is 0 Å². The molecule has 0 aliphatic carbocycles. The van der Waals surface area contributed by atoms with Crippen molar-refractivity contribution in [3.8, 4) is 0 Å². The molecule has 0 saturated carbocycles. The van der Waals surface area contributed by atoms with Crippen molar-refractivity contribution in [3.63, 3.8) is 0 Å². The molecule has 0 saturated heterocycles. The van der Waals surface area contributed by atoms with E-state index in [2.05, 4.69) is 4.99 Å². The minimum Gasteiger partial charge on any atom is -0.314 e. The fraction of sp³-hybridized carbons (Fsp3) is 0.273. The Morgan fingerprint density at radius 1 is 1.33 bits per heavy atom. The lowest BCUT2D eigenvalue weighted by Gasteiger charge is -2.33. The standard InChI is InChI=1S/C11H11N3O/c1-13-9-5-3-2-4-8(9)10(15)14-7-6-12-11(13)14/h2-5H,6-7H2,1H3. The van der Waals surface area contributed by atoms with Crippen LogP contribution < -0.4 is 4.90 Å². The number of amides is 1. The molecule has 1 amide bonds. The third kappa shape index (κ3) is 1.02. The first-order valence-corrected chi connectivity index (χ1v) is 4.98. The van der Waals surface area contributed by atoms with Crippen molar-refractivity contribution in [2.24, 2.45) is 4.99 Å². The molecule has 3 rings (SSSR count). The van der Waals surface area contributed by atoms with Crippen molar-refractivity contribution in [1.82, 2.24) is 4.90 Å². The van der Waals surface area contributed by atoms with Crippen LogP contribution in [0.4, 0.5) is 5.69 Å². The summed E-state index contributed by atoms with van der Waals surface area (Å²) in [6.45, 7) is 1.41. The fourth-order valence-corrected chi connectivity index (χ4v) is 2.11. The Hall–Kier alpha value is -1.84. The average Bonchev–Trinajstić information content (AvgIpc) is 2.75. The van der Waals surface area contributed by atoms with Crippen LogP contribution >= 0.6 is 0 Å². The lowest BCUT2D eigenvalue weighted by Crippen LogP contribution is -2.48. The topological polar surface area (TPSA) is 35.9 Å². The highest BCUT2D eigenvalue weighted by atomic mass is 16.2. The normalized spacial score (nSPS) is 18.7. The Balaban J connectivity index is 2.21. The van der Waals surface area contributed by atoms with E-state index in [4.69, 9.17) is 0 Å². The summed E-state index contributed by atoms with van der Waals surface area (Å²) in [5.41, 5.74) is 1.71. The summed E-state index contributed by atoms with van der Waals surface area (Å²) >= 11 is 0. The fourth-order valence-electron chi connectivity index (χ4n) is 2.11. The summed E-state index contributed by atoms with van der Waals surface area (Å²) < 4.78 is 0. The van der Waals surface area contributed by atoms with Crippen LogP contribution in [0.5, 0.6) is 0 Å². The second kappa shape index (κ2) is 2.82. The summed E-state index contributed by atoms with van der Waals surface area (Å²) in [6, 6.07) is 7.64. The van der Waals surface area contributed by atoms with Crippen molar-refractivity contribution in [2.45, 2.75) is 0 Å². The number of nitrogens with zero attached hydrogens (tertiary/aromatic N) is 3. The lowest BCUT2D eigenvalue weighted by atomic mass is 10.1. The molecule has 76 valence electrons. The van der Waals surface area contributed by atoms with Crippen LogP contribution in [0.25, 0.3) is 0 Å². The molecule has 0 spiro atoms. The maximum Gasteiger partial charge on any atom is 0.262 e. The molecular weight excluding hydrogens is 190 g/mol. The van der Waals surface area contributed by atoms with E-state index in [-0.39, 0.29) is 5.91 Å². The third-order valence-electron chi connectivity index (χ3n) is 2.86. The molecule has 4 heteroatoms. The van der Waals surface area contributed by atoms with Crippen LogP contribution in [0.1, 0.15) is 10.4 Å². The Morgan fingerprint density at radius 2 is 2.13 bits per heavy atom. The molecule has 0 unspecified atom stereocenters. The van der Waals surface area contributed by atoms with Crippen molar-refractivity contribution < 1.29 is 4.79 Å². The first-order chi connectivity index (χ1) is 7.29. The van der Waals surface area contributed by atoms with Gasteiger partial charge in [0, 0.05) is 13.6 Å². The van der Waals surface area contributed by atoms with Gasteiger partial charge < -0.3 is 4.90 Å². The van der Waals surface area contributed by atoms with Crippen LogP contribution in [0.2, 0.25) is 0 Å². The molecule has 0 aromatic heterocycles. The Kier molecular flexibility index (Phi) is 1.59. The molecule has 0 N–H and O–H groups in total. The summed E-state index contributed by atoms with van der Waals surface area (Å²) in [7, 11) is 1.95. The molecular formula is C11H11N3O. The number of para-hydroxylation sites is 1. The average molecular weight is 201 g/mol. The number of rotatable bonds is 0. The number of benzene rings is 1. The Morgan fingerprint density at radius 3 is 3.00 bits per heavy atom. The number of carbonyl (C=O) groups excluding carboxylic acids is 1. The number of carbonyl (C=O) groups is 1. The van der Waals surface area contributed by atoms with Gasteiger partial charge in [0.15, 0.2) is 0 Å². The quantitative estimate of drug-likeness (QED) is 0.626. The van der Waals surface area contributed by atoms with E-state index in [1.165, 1.54) is 0 Å². The molecule has 2 heterocycles. The van der Waals surface area contributed by atoms with Gasteiger partial charge in [-0.25, -0.2) is 0 Å².